The Morgan fingerprint density at radius 1 is 1.27 bits per heavy atom. The van der Waals surface area contributed by atoms with Crippen molar-refractivity contribution < 1.29 is 33.0 Å². The first kappa shape index (κ1) is 24.5. The molecule has 2 atom stereocenters. The number of amides is 2. The summed E-state index contributed by atoms with van der Waals surface area (Å²) in [6.45, 7) is 5.16. The molecule has 0 aliphatic carbocycles. The van der Waals surface area contributed by atoms with Gasteiger partial charge in [-0.05, 0) is 36.8 Å². The van der Waals surface area contributed by atoms with Crippen molar-refractivity contribution in [1.29, 1.82) is 0 Å². The van der Waals surface area contributed by atoms with Gasteiger partial charge in [-0.15, -0.1) is 0 Å². The number of ether oxygens (including phenoxy) is 2. The van der Waals surface area contributed by atoms with Gasteiger partial charge in [0.05, 0.1) is 11.1 Å². The molecule has 0 unspecified atom stereocenters. The molecule has 1 aliphatic heterocycles. The summed E-state index contributed by atoms with van der Waals surface area (Å²) in [5, 5.41) is 15.4. The van der Waals surface area contributed by atoms with Gasteiger partial charge in [0.1, 0.15) is 23.1 Å². The van der Waals surface area contributed by atoms with Gasteiger partial charge in [0.2, 0.25) is 0 Å². The summed E-state index contributed by atoms with van der Waals surface area (Å²) in [7, 11) is 0. The van der Waals surface area contributed by atoms with Crippen LogP contribution in [0.15, 0.2) is 42.6 Å². The van der Waals surface area contributed by atoms with Gasteiger partial charge in [-0.25, -0.2) is 8.78 Å². The molecule has 2 amide bonds. The first-order valence-electron chi connectivity index (χ1n) is 10.1. The number of aliphatic hydroxyl groups excluding tert-OH is 1. The summed E-state index contributed by atoms with van der Waals surface area (Å²) >= 11 is 5.59. The lowest BCUT2D eigenvalue weighted by Crippen LogP contribution is -2.41. The molecular formula is C23H23ClF2N2O5. The normalized spacial score (nSPS) is 16.9. The Labute approximate surface area is 194 Å². The predicted molar refractivity (Wildman–Crippen MR) is 117 cm³/mol. The van der Waals surface area contributed by atoms with E-state index in [-0.39, 0.29) is 42.5 Å². The van der Waals surface area contributed by atoms with E-state index in [1.54, 1.807) is 6.92 Å². The average molecular weight is 481 g/mol. The van der Waals surface area contributed by atoms with E-state index >= 15 is 0 Å². The van der Waals surface area contributed by atoms with E-state index in [0.717, 1.165) is 6.07 Å². The van der Waals surface area contributed by atoms with E-state index in [4.69, 9.17) is 21.1 Å². The third-order valence-corrected chi connectivity index (χ3v) is 5.27. The van der Waals surface area contributed by atoms with Crippen LogP contribution < -0.4 is 20.1 Å². The highest BCUT2D eigenvalue weighted by atomic mass is 35.5. The largest absolute Gasteiger partial charge is 0.484 e. The number of nitrogens with one attached hydrogen (secondary N) is 2. The summed E-state index contributed by atoms with van der Waals surface area (Å²) in [6.07, 6.45) is -1.81. The average Bonchev–Trinajstić information content (AvgIpc) is 2.75. The Morgan fingerprint density at radius 3 is 2.76 bits per heavy atom. The number of fused-ring (bicyclic) bond motifs is 1. The Hall–Kier alpha value is -3.17. The molecule has 0 saturated carbocycles. The number of aliphatic hydroxyl groups is 1. The summed E-state index contributed by atoms with van der Waals surface area (Å²) in [6, 6.07) is 6.49. The molecule has 1 heterocycles. The van der Waals surface area contributed by atoms with Crippen molar-refractivity contribution in [3.63, 3.8) is 0 Å². The van der Waals surface area contributed by atoms with Crippen LogP contribution in [0.5, 0.6) is 11.5 Å². The summed E-state index contributed by atoms with van der Waals surface area (Å²) in [5.74, 6) is -1.64. The maximum absolute atomic E-state index is 13.7. The molecule has 2 aromatic rings. The molecule has 176 valence electrons. The Kier molecular flexibility index (Phi) is 7.88. The minimum atomic E-state index is -1.04. The second kappa shape index (κ2) is 10.6. The number of rotatable bonds is 8. The SMILES string of the molecule is C=C(CCNC(=O)COc1ccc(Cl)c(F)c1)NC(=O)[C@H]1C[C@@H](O)c2cc(F)c(C)cc2O1. The molecule has 0 bridgehead atoms. The molecular weight excluding hydrogens is 458 g/mol. The van der Waals surface area contributed by atoms with Crippen LogP contribution in [0.4, 0.5) is 8.78 Å². The van der Waals surface area contributed by atoms with Crippen molar-refractivity contribution in [2.45, 2.75) is 32.0 Å². The Balaban J connectivity index is 1.41. The van der Waals surface area contributed by atoms with Crippen molar-refractivity contribution in [3.05, 3.63) is 70.4 Å². The van der Waals surface area contributed by atoms with E-state index in [9.17, 15) is 23.5 Å². The minimum absolute atomic E-state index is 0.0337. The van der Waals surface area contributed by atoms with E-state index in [0.29, 0.717) is 16.8 Å². The van der Waals surface area contributed by atoms with Gasteiger partial charge in [-0.3, -0.25) is 9.59 Å². The maximum Gasteiger partial charge on any atom is 0.265 e. The van der Waals surface area contributed by atoms with E-state index in [1.165, 1.54) is 24.3 Å². The fraction of sp³-hybridized carbons (Fsp3) is 0.304. The molecule has 0 saturated heterocycles. The van der Waals surface area contributed by atoms with Crippen molar-refractivity contribution >= 4 is 23.4 Å². The lowest BCUT2D eigenvalue weighted by atomic mass is 9.97. The highest BCUT2D eigenvalue weighted by molar-refractivity contribution is 6.30. The van der Waals surface area contributed by atoms with Gasteiger partial charge in [0.15, 0.2) is 12.7 Å². The molecule has 0 fully saturated rings. The van der Waals surface area contributed by atoms with Crippen LogP contribution >= 0.6 is 11.6 Å². The van der Waals surface area contributed by atoms with Crippen LogP contribution in [-0.4, -0.2) is 36.2 Å². The van der Waals surface area contributed by atoms with Gasteiger partial charge >= 0.3 is 0 Å². The molecule has 33 heavy (non-hydrogen) atoms. The molecule has 7 nitrogen and oxygen atoms in total. The first-order chi connectivity index (χ1) is 15.6. The third kappa shape index (κ3) is 6.43. The lowest BCUT2D eigenvalue weighted by Gasteiger charge is -2.29. The van der Waals surface area contributed by atoms with Gasteiger partial charge in [-0.1, -0.05) is 18.2 Å². The Morgan fingerprint density at radius 2 is 2.03 bits per heavy atom. The number of benzene rings is 2. The lowest BCUT2D eigenvalue weighted by molar-refractivity contribution is -0.129. The third-order valence-electron chi connectivity index (χ3n) is 4.96. The quantitative estimate of drug-likeness (QED) is 0.538. The molecule has 0 spiro atoms. The second-order valence-corrected chi connectivity index (χ2v) is 7.96. The van der Waals surface area contributed by atoms with Gasteiger partial charge in [-0.2, -0.15) is 0 Å². The zero-order valence-electron chi connectivity index (χ0n) is 17.8. The molecule has 1 aliphatic rings. The van der Waals surface area contributed by atoms with Crippen LogP contribution in [0.2, 0.25) is 5.02 Å². The monoisotopic (exact) mass is 480 g/mol. The van der Waals surface area contributed by atoms with E-state index in [1.807, 2.05) is 0 Å². The number of aryl methyl sites for hydroxylation is 1. The van der Waals surface area contributed by atoms with Crippen LogP contribution in [0.1, 0.15) is 30.1 Å². The number of carbonyl (C=O) groups is 2. The number of halogens is 3. The highest BCUT2D eigenvalue weighted by Crippen LogP contribution is 2.36. The van der Waals surface area contributed by atoms with Crippen molar-refractivity contribution in [2.75, 3.05) is 13.2 Å². The smallest absolute Gasteiger partial charge is 0.265 e. The molecule has 3 rings (SSSR count). The van der Waals surface area contributed by atoms with Gasteiger partial charge in [0, 0.05) is 36.7 Å². The maximum atomic E-state index is 13.7. The van der Waals surface area contributed by atoms with Crippen LogP contribution in [0.25, 0.3) is 0 Å². The highest BCUT2D eigenvalue weighted by Gasteiger charge is 2.32. The van der Waals surface area contributed by atoms with Gasteiger partial charge in [0.25, 0.3) is 11.8 Å². The first-order valence-corrected chi connectivity index (χ1v) is 10.5. The molecule has 10 heteroatoms. The zero-order valence-corrected chi connectivity index (χ0v) is 18.5. The zero-order chi connectivity index (χ0) is 24.1. The number of hydrogen-bond acceptors (Lipinski definition) is 5. The fourth-order valence-electron chi connectivity index (χ4n) is 3.16. The predicted octanol–water partition coefficient (Wildman–Crippen LogP) is 3.33. The number of hydrogen-bond donors (Lipinski definition) is 3. The van der Waals surface area contributed by atoms with Gasteiger partial charge < -0.3 is 25.2 Å². The molecule has 0 aromatic heterocycles. The topological polar surface area (TPSA) is 96.9 Å². The van der Waals surface area contributed by atoms with Crippen LogP contribution in [0, 0.1) is 18.6 Å². The molecule has 2 aromatic carbocycles. The number of carbonyl (C=O) groups excluding carboxylic acids is 2. The van der Waals surface area contributed by atoms with Crippen molar-refractivity contribution in [2.24, 2.45) is 0 Å². The molecule has 3 N–H and O–H groups in total. The second-order valence-electron chi connectivity index (χ2n) is 7.55. The molecule has 0 radical (unpaired) electrons. The Bertz CT molecular complexity index is 1080. The van der Waals surface area contributed by atoms with Crippen LogP contribution in [0.3, 0.4) is 0 Å². The van der Waals surface area contributed by atoms with Crippen molar-refractivity contribution in [1.82, 2.24) is 10.6 Å². The van der Waals surface area contributed by atoms with Crippen LogP contribution in [-0.2, 0) is 9.59 Å². The van der Waals surface area contributed by atoms with E-state index in [2.05, 4.69) is 17.2 Å². The summed E-state index contributed by atoms with van der Waals surface area (Å²) in [5.41, 5.74) is 0.972. The van der Waals surface area contributed by atoms with Crippen molar-refractivity contribution in [3.8, 4) is 11.5 Å². The van der Waals surface area contributed by atoms with E-state index < -0.39 is 35.7 Å². The standard InChI is InChI=1S/C23H23ClF2N2O5/c1-12-7-20-15(9-17(12)25)19(29)10-21(33-20)23(31)28-13(2)5-6-27-22(30)11-32-14-3-4-16(24)18(26)8-14/h3-4,7-9,19,21,29H,2,5-6,10-11H2,1H3,(H,27,30)(H,28,31)/t19-,21-/m1/s1. The minimum Gasteiger partial charge on any atom is -0.484 e. The fourth-order valence-corrected chi connectivity index (χ4v) is 3.28. The summed E-state index contributed by atoms with van der Waals surface area (Å²) < 4.78 is 37.9. The summed E-state index contributed by atoms with van der Waals surface area (Å²) in [4.78, 5) is 24.4.